The van der Waals surface area contributed by atoms with Crippen LogP contribution >= 0.6 is 0 Å². The first-order chi connectivity index (χ1) is 13.3. The molecule has 1 aliphatic rings. The van der Waals surface area contributed by atoms with Crippen LogP contribution in [-0.2, 0) is 30.3 Å². The minimum Gasteiger partial charge on any atom is -0.467 e. The van der Waals surface area contributed by atoms with E-state index in [2.05, 4.69) is 10.6 Å². The molecule has 0 radical (unpaired) electrons. The maximum Gasteiger partial charge on any atom is 0.328 e. The zero-order chi connectivity index (χ0) is 20.7. The van der Waals surface area contributed by atoms with E-state index in [0.29, 0.717) is 19.3 Å². The van der Waals surface area contributed by atoms with Crippen LogP contribution in [0.15, 0.2) is 24.3 Å². The van der Waals surface area contributed by atoms with E-state index in [4.69, 9.17) is 4.74 Å². The normalized spacial score (nSPS) is 18.7. The second-order valence-electron chi connectivity index (χ2n) is 6.95. The molecule has 28 heavy (non-hydrogen) atoms. The number of hydrogen-bond donors (Lipinski definition) is 2. The number of nitrogens with one attached hydrogen (secondary N) is 2. The van der Waals surface area contributed by atoms with E-state index in [1.165, 1.54) is 32.2 Å². The van der Waals surface area contributed by atoms with Gasteiger partial charge in [0, 0.05) is 26.2 Å². The Bertz CT molecular complexity index is 752. The lowest BCUT2D eigenvalue weighted by Gasteiger charge is -2.29. The molecule has 2 N–H and O–H groups in total. The minimum atomic E-state index is -1.07. The van der Waals surface area contributed by atoms with E-state index in [9.17, 15) is 23.6 Å². The van der Waals surface area contributed by atoms with Gasteiger partial charge >= 0.3 is 5.97 Å². The number of rotatable bonds is 7. The monoisotopic (exact) mass is 392 g/mol. The highest BCUT2D eigenvalue weighted by Gasteiger charge is 2.35. The Hall–Kier alpha value is -2.77. The fourth-order valence-electron chi connectivity index (χ4n) is 3.43. The molecule has 1 aromatic rings. The van der Waals surface area contributed by atoms with Crippen LogP contribution in [-0.4, -0.2) is 42.8 Å². The van der Waals surface area contributed by atoms with Crippen molar-refractivity contribution in [2.45, 2.75) is 51.1 Å². The van der Waals surface area contributed by atoms with Crippen LogP contribution in [0.1, 0.15) is 38.2 Å². The summed E-state index contributed by atoms with van der Waals surface area (Å²) in [4.78, 5) is 48.3. The fraction of sp³-hybridized carbons (Fsp3) is 0.500. The molecule has 1 fully saturated rings. The topological polar surface area (TPSA) is 102 Å². The van der Waals surface area contributed by atoms with Gasteiger partial charge in [-0.1, -0.05) is 18.2 Å². The lowest BCUT2D eigenvalue weighted by Crippen LogP contribution is -2.55. The Morgan fingerprint density at radius 1 is 1.25 bits per heavy atom. The number of amides is 2. The molecule has 0 heterocycles. The molecule has 7 nitrogen and oxygen atoms in total. The van der Waals surface area contributed by atoms with Crippen molar-refractivity contribution in [1.82, 2.24) is 10.6 Å². The number of ketones is 1. The van der Waals surface area contributed by atoms with Crippen molar-refractivity contribution in [2.75, 3.05) is 7.11 Å². The largest absolute Gasteiger partial charge is 0.467 e. The first-order valence-corrected chi connectivity index (χ1v) is 9.22. The van der Waals surface area contributed by atoms with Gasteiger partial charge in [-0.3, -0.25) is 14.4 Å². The molecule has 8 heteroatoms. The zero-order valence-electron chi connectivity index (χ0n) is 16.0. The van der Waals surface area contributed by atoms with E-state index >= 15 is 0 Å². The molecule has 0 unspecified atom stereocenters. The Balaban J connectivity index is 2.18. The third-order valence-electron chi connectivity index (χ3n) is 4.82. The Labute approximate surface area is 163 Å². The van der Waals surface area contributed by atoms with Crippen LogP contribution in [0.3, 0.4) is 0 Å². The Morgan fingerprint density at radius 3 is 2.57 bits per heavy atom. The highest BCUT2D eigenvalue weighted by molar-refractivity contribution is 5.91. The van der Waals surface area contributed by atoms with Gasteiger partial charge in [0.2, 0.25) is 11.8 Å². The van der Waals surface area contributed by atoms with E-state index in [1.807, 2.05) is 0 Å². The standard InChI is InChI=1S/C20H25FN2O5/c1-12(24)22-17(11-13-6-3-4-9-16(13)21)19(26)23-18(20(27)28-2)14-7-5-8-15(25)10-14/h3-4,6,9,14,17-18H,5,7-8,10-11H2,1-2H3,(H,22,24)(H,23,26)/t14-,17-,18+/m0/s1. The van der Waals surface area contributed by atoms with Gasteiger partial charge in [0.25, 0.3) is 0 Å². The summed E-state index contributed by atoms with van der Waals surface area (Å²) < 4.78 is 18.8. The second-order valence-corrected chi connectivity index (χ2v) is 6.95. The highest BCUT2D eigenvalue weighted by Crippen LogP contribution is 2.25. The van der Waals surface area contributed by atoms with Crippen LogP contribution < -0.4 is 10.6 Å². The van der Waals surface area contributed by atoms with Crippen molar-refractivity contribution in [3.63, 3.8) is 0 Å². The van der Waals surface area contributed by atoms with Gasteiger partial charge in [0.05, 0.1) is 7.11 Å². The van der Waals surface area contributed by atoms with Gasteiger partial charge in [0.1, 0.15) is 23.7 Å². The van der Waals surface area contributed by atoms with Crippen LogP contribution in [0.25, 0.3) is 0 Å². The molecule has 152 valence electrons. The van der Waals surface area contributed by atoms with Gasteiger partial charge < -0.3 is 15.4 Å². The Morgan fingerprint density at radius 2 is 1.96 bits per heavy atom. The average molecular weight is 392 g/mol. The maximum atomic E-state index is 14.0. The molecule has 3 atom stereocenters. The van der Waals surface area contributed by atoms with Crippen molar-refractivity contribution < 1.29 is 28.3 Å². The number of esters is 1. The molecule has 0 aromatic heterocycles. The lowest BCUT2D eigenvalue weighted by atomic mass is 9.83. The number of hydrogen-bond acceptors (Lipinski definition) is 5. The van der Waals surface area contributed by atoms with Gasteiger partial charge in [0.15, 0.2) is 0 Å². The number of ether oxygens (including phenoxy) is 1. The van der Waals surface area contributed by atoms with Gasteiger partial charge in [-0.25, -0.2) is 9.18 Å². The highest BCUT2D eigenvalue weighted by atomic mass is 19.1. The van der Waals surface area contributed by atoms with Crippen LogP contribution in [0.4, 0.5) is 4.39 Å². The molecule has 1 saturated carbocycles. The van der Waals surface area contributed by atoms with E-state index in [-0.39, 0.29) is 30.1 Å². The molecule has 1 aromatic carbocycles. The quantitative estimate of drug-likeness (QED) is 0.681. The molecule has 0 aliphatic heterocycles. The van der Waals surface area contributed by atoms with Crippen molar-refractivity contribution in [2.24, 2.45) is 5.92 Å². The summed E-state index contributed by atoms with van der Waals surface area (Å²) >= 11 is 0. The zero-order valence-corrected chi connectivity index (χ0v) is 16.0. The number of benzene rings is 1. The molecular weight excluding hydrogens is 367 g/mol. The van der Waals surface area contributed by atoms with E-state index < -0.39 is 35.7 Å². The van der Waals surface area contributed by atoms with Crippen molar-refractivity contribution in [3.05, 3.63) is 35.6 Å². The first-order valence-electron chi connectivity index (χ1n) is 9.22. The number of carbonyl (C=O) groups excluding carboxylic acids is 4. The predicted octanol–water partition coefficient (Wildman–Crippen LogP) is 1.29. The predicted molar refractivity (Wildman–Crippen MR) is 98.6 cm³/mol. The van der Waals surface area contributed by atoms with E-state index in [1.54, 1.807) is 6.07 Å². The van der Waals surface area contributed by atoms with Crippen molar-refractivity contribution >= 4 is 23.6 Å². The number of carbonyl (C=O) groups is 4. The fourth-order valence-corrected chi connectivity index (χ4v) is 3.43. The summed E-state index contributed by atoms with van der Waals surface area (Å²) in [6, 6.07) is 3.88. The average Bonchev–Trinajstić information content (AvgIpc) is 2.66. The third kappa shape index (κ3) is 5.87. The van der Waals surface area contributed by atoms with Crippen molar-refractivity contribution in [3.8, 4) is 0 Å². The van der Waals surface area contributed by atoms with Gasteiger partial charge in [-0.2, -0.15) is 0 Å². The summed E-state index contributed by atoms with van der Waals surface area (Å²) in [6.07, 6.45) is 1.80. The molecule has 0 saturated heterocycles. The summed E-state index contributed by atoms with van der Waals surface area (Å²) in [5.74, 6) is -2.58. The SMILES string of the molecule is COC(=O)[C@H](NC(=O)[C@H](Cc1ccccc1F)NC(C)=O)[C@H]1CCCC(=O)C1. The molecule has 2 amide bonds. The summed E-state index contributed by atoms with van der Waals surface area (Å²) in [5.41, 5.74) is 0.263. The summed E-state index contributed by atoms with van der Waals surface area (Å²) in [5, 5.41) is 5.09. The molecule has 1 aliphatic carbocycles. The molecular formula is C20H25FN2O5. The molecule has 2 rings (SSSR count). The molecule has 0 spiro atoms. The van der Waals surface area contributed by atoms with Crippen LogP contribution in [0.5, 0.6) is 0 Å². The molecule has 0 bridgehead atoms. The van der Waals surface area contributed by atoms with Crippen LogP contribution in [0, 0.1) is 11.7 Å². The number of halogens is 1. The third-order valence-corrected chi connectivity index (χ3v) is 4.82. The second kappa shape index (κ2) is 9.96. The first kappa shape index (κ1) is 21.5. The summed E-state index contributed by atoms with van der Waals surface area (Å²) in [7, 11) is 1.21. The van der Waals surface area contributed by atoms with Gasteiger partial charge in [-0.15, -0.1) is 0 Å². The summed E-state index contributed by atoms with van der Waals surface area (Å²) in [6.45, 7) is 1.25. The van der Waals surface area contributed by atoms with Crippen LogP contribution in [0.2, 0.25) is 0 Å². The number of methoxy groups -OCH3 is 1. The van der Waals surface area contributed by atoms with Crippen molar-refractivity contribution in [1.29, 1.82) is 0 Å². The Kier molecular flexibility index (Phi) is 7.66. The maximum absolute atomic E-state index is 14.0. The number of Topliss-reactive ketones (excluding diaryl/α,β-unsaturated/α-hetero) is 1. The smallest absolute Gasteiger partial charge is 0.328 e. The minimum absolute atomic E-state index is 0.0316. The van der Waals surface area contributed by atoms with E-state index in [0.717, 1.165) is 0 Å². The van der Waals surface area contributed by atoms with Gasteiger partial charge in [-0.05, 0) is 30.4 Å². The lowest BCUT2D eigenvalue weighted by molar-refractivity contribution is -0.147.